The Labute approximate surface area is 498 Å². The van der Waals surface area contributed by atoms with Gasteiger partial charge < -0.3 is 55.9 Å². The number of carbonyl (C=O) groups is 1. The van der Waals surface area contributed by atoms with Crippen molar-refractivity contribution in [2.45, 2.75) is 61.0 Å². The molecule has 0 atom stereocenters. The number of aliphatic hydroxyl groups excluding tert-OH is 4. The van der Waals surface area contributed by atoms with Crippen LogP contribution in [-0.2, 0) is 31.2 Å². The third kappa shape index (κ3) is 14.6. The first-order valence-electron chi connectivity index (χ1n) is 27.8. The van der Waals surface area contributed by atoms with Gasteiger partial charge in [-0.15, -0.1) is 0 Å². The van der Waals surface area contributed by atoms with Crippen LogP contribution in [0, 0.1) is 27.7 Å². The van der Waals surface area contributed by atoms with Gasteiger partial charge in [0, 0.05) is 79.9 Å². The number of phenols is 2. The molecule has 0 bridgehead atoms. The standard InChI is InChI=1S/C18H17N3O.C18H18N2O2.2C17H16N2O2/c1-12-17(14-6-4-3-5-7-14)21-18(19-12)15-8-10-16(11-9-15)20-13(2)22;1-12-17(14-5-3-2-4-6-14)20-18(19-12)16-8-7-13(10-21)9-15(16)11-22;1-11-16(13-5-3-2-4-6-13)19-17(18-11)14-8-7-12(10-20)9-15(14)21;1-11-16(12-5-3-2-4-6-12)19-17(18-11)13-7-8-14(10-20)15(21)9-13/h3-11H,1-2H3,(H,19,21)(H,20,22);2-9,21-22H,10-11H2,1H3,(H,19,20);2*2-9,20-21H,10H2,1H3,(H,18,19). The molecule has 0 fully saturated rings. The molecule has 1 amide bonds. The van der Waals surface area contributed by atoms with Gasteiger partial charge in [0.15, 0.2) is 0 Å². The van der Waals surface area contributed by atoms with Crippen molar-refractivity contribution >= 4 is 11.6 Å². The SMILES string of the molecule is CC(=O)Nc1ccc(-c2nc(-c3ccccc3)c(C)[nH]2)cc1.Cc1[nH]c(-c2ccc(CO)c(O)c2)nc1-c1ccccc1.Cc1[nH]c(-c2ccc(CO)cc2CO)nc1-c1ccccc1.Cc1[nH]c(-c2ccc(CO)cc2O)nc1-c1ccccc1. The minimum Gasteiger partial charge on any atom is -0.508 e. The molecule has 0 spiro atoms. The molecule has 11 N–H and O–H groups in total. The highest BCUT2D eigenvalue weighted by Crippen LogP contribution is 2.34. The molecule has 4 heterocycles. The topological polar surface area (TPSA) is 265 Å². The quantitative estimate of drug-likeness (QED) is 0.0517. The van der Waals surface area contributed by atoms with Crippen molar-refractivity contribution in [2.24, 2.45) is 0 Å². The number of aliphatic hydroxyl groups is 4. The lowest BCUT2D eigenvalue weighted by Gasteiger charge is -2.06. The van der Waals surface area contributed by atoms with Crippen molar-refractivity contribution in [2.75, 3.05) is 5.32 Å². The van der Waals surface area contributed by atoms with E-state index >= 15 is 0 Å². The van der Waals surface area contributed by atoms with Gasteiger partial charge in [-0.2, -0.15) is 0 Å². The predicted octanol–water partition coefficient (Wildman–Crippen LogP) is 13.5. The van der Waals surface area contributed by atoms with E-state index in [1.807, 2.05) is 191 Å². The second-order valence-corrected chi connectivity index (χ2v) is 20.3. The molecule has 0 radical (unpaired) electrons. The Balaban J connectivity index is 0.000000137. The zero-order chi connectivity index (χ0) is 60.7. The lowest BCUT2D eigenvalue weighted by Crippen LogP contribution is -2.05. The molecular formula is C70H67N9O7. The van der Waals surface area contributed by atoms with E-state index < -0.39 is 0 Å². The number of aromatic hydroxyl groups is 2. The van der Waals surface area contributed by atoms with E-state index in [1.165, 1.54) is 6.92 Å². The molecule has 0 saturated heterocycles. The lowest BCUT2D eigenvalue weighted by atomic mass is 10.0. The Morgan fingerprint density at radius 3 is 1.14 bits per heavy atom. The second kappa shape index (κ2) is 28.2. The van der Waals surface area contributed by atoms with E-state index in [2.05, 4.69) is 40.2 Å². The minimum atomic E-state index is -0.182. The summed E-state index contributed by atoms with van der Waals surface area (Å²) in [5, 5.41) is 59.6. The average Bonchev–Trinajstić information content (AvgIpc) is 3.48. The normalized spacial score (nSPS) is 10.7. The van der Waals surface area contributed by atoms with Crippen LogP contribution in [0.15, 0.2) is 200 Å². The Hall–Kier alpha value is -10.5. The van der Waals surface area contributed by atoms with Gasteiger partial charge in [0.1, 0.15) is 34.8 Å². The van der Waals surface area contributed by atoms with Crippen molar-refractivity contribution in [1.29, 1.82) is 0 Å². The second-order valence-electron chi connectivity index (χ2n) is 20.3. The van der Waals surface area contributed by atoms with Gasteiger partial charge >= 0.3 is 0 Å². The van der Waals surface area contributed by atoms with Crippen LogP contribution in [0.4, 0.5) is 5.69 Å². The van der Waals surface area contributed by atoms with Crippen LogP contribution in [0.2, 0.25) is 0 Å². The largest absolute Gasteiger partial charge is 0.508 e. The van der Waals surface area contributed by atoms with Gasteiger partial charge in [-0.3, -0.25) is 4.79 Å². The third-order valence-corrected chi connectivity index (χ3v) is 14.0. The highest BCUT2D eigenvalue weighted by molar-refractivity contribution is 5.89. The van der Waals surface area contributed by atoms with Crippen LogP contribution >= 0.6 is 0 Å². The number of anilines is 1. The van der Waals surface area contributed by atoms with E-state index in [0.29, 0.717) is 28.3 Å². The molecule has 12 rings (SSSR count). The van der Waals surface area contributed by atoms with Crippen LogP contribution in [0.1, 0.15) is 52.0 Å². The third-order valence-electron chi connectivity index (χ3n) is 14.0. The number of aromatic amines is 4. The van der Waals surface area contributed by atoms with Crippen molar-refractivity contribution in [3.05, 3.63) is 245 Å². The zero-order valence-electron chi connectivity index (χ0n) is 48.3. The Morgan fingerprint density at radius 2 is 0.744 bits per heavy atom. The van der Waals surface area contributed by atoms with E-state index in [0.717, 1.165) is 113 Å². The number of aryl methyl sites for hydroxylation is 4. The summed E-state index contributed by atoms with van der Waals surface area (Å²) in [4.78, 5) is 42.7. The molecule has 0 aliphatic carbocycles. The van der Waals surface area contributed by atoms with E-state index in [1.54, 1.807) is 36.4 Å². The van der Waals surface area contributed by atoms with Crippen LogP contribution in [-0.4, -0.2) is 76.4 Å². The number of nitrogens with zero attached hydrogens (tertiary/aromatic N) is 4. The Morgan fingerprint density at radius 1 is 0.372 bits per heavy atom. The number of rotatable bonds is 13. The van der Waals surface area contributed by atoms with E-state index in [4.69, 9.17) is 15.2 Å². The van der Waals surface area contributed by atoms with Crippen LogP contribution in [0.25, 0.3) is 90.6 Å². The molecule has 16 heteroatoms. The van der Waals surface area contributed by atoms with Gasteiger partial charge in [0.05, 0.1) is 54.8 Å². The monoisotopic (exact) mass is 1150 g/mol. The molecule has 86 heavy (non-hydrogen) atoms. The fourth-order valence-corrected chi connectivity index (χ4v) is 9.62. The lowest BCUT2D eigenvalue weighted by molar-refractivity contribution is -0.114. The van der Waals surface area contributed by atoms with Crippen LogP contribution in [0.3, 0.4) is 0 Å². The van der Waals surface area contributed by atoms with E-state index in [-0.39, 0.29) is 43.8 Å². The number of amides is 1. The summed E-state index contributed by atoms with van der Waals surface area (Å²) in [5.74, 6) is 2.98. The predicted molar refractivity (Wildman–Crippen MR) is 338 cm³/mol. The maximum atomic E-state index is 11.0. The van der Waals surface area contributed by atoms with Crippen LogP contribution in [0.5, 0.6) is 11.5 Å². The van der Waals surface area contributed by atoms with Gasteiger partial charge in [0.25, 0.3) is 0 Å². The molecule has 8 aromatic carbocycles. The number of imidazole rings is 4. The fourth-order valence-electron chi connectivity index (χ4n) is 9.62. The van der Waals surface area contributed by atoms with Crippen molar-refractivity contribution in [3.63, 3.8) is 0 Å². The van der Waals surface area contributed by atoms with Crippen molar-refractivity contribution < 1.29 is 35.4 Å². The molecule has 0 aliphatic heterocycles. The molecule has 0 saturated carbocycles. The van der Waals surface area contributed by atoms with Gasteiger partial charge in [-0.25, -0.2) is 19.9 Å². The number of carbonyl (C=O) groups excluding carboxylic acids is 1. The van der Waals surface area contributed by atoms with Crippen molar-refractivity contribution in [3.8, 4) is 102 Å². The fraction of sp³-hybridized carbons (Fsp3) is 0.129. The summed E-state index contributed by atoms with van der Waals surface area (Å²) in [7, 11) is 0. The summed E-state index contributed by atoms with van der Waals surface area (Å²) in [6, 6.07) is 63.3. The number of aromatic nitrogens is 8. The molecule has 4 aromatic heterocycles. The number of hydrogen-bond acceptors (Lipinski definition) is 11. The van der Waals surface area contributed by atoms with Crippen molar-refractivity contribution in [1.82, 2.24) is 39.9 Å². The summed E-state index contributed by atoms with van der Waals surface area (Å²) in [6.45, 7) is 9.01. The first-order chi connectivity index (χ1) is 41.7. The maximum Gasteiger partial charge on any atom is 0.221 e. The molecule has 16 nitrogen and oxygen atoms in total. The molecule has 0 aliphatic rings. The Kier molecular flexibility index (Phi) is 19.7. The number of benzene rings is 8. The zero-order valence-corrected chi connectivity index (χ0v) is 48.3. The number of H-pyrrole nitrogens is 4. The Bertz CT molecular complexity index is 4180. The summed E-state index contributed by atoms with van der Waals surface area (Å²) in [6.07, 6.45) is 0. The minimum absolute atomic E-state index is 0.0419. The van der Waals surface area contributed by atoms with Gasteiger partial charge in [-0.05, 0) is 86.8 Å². The first kappa shape index (κ1) is 60.1. The highest BCUT2D eigenvalue weighted by atomic mass is 16.3. The van der Waals surface area contributed by atoms with E-state index in [9.17, 15) is 25.2 Å². The number of nitrogens with one attached hydrogen (secondary N) is 5. The molecule has 12 aromatic rings. The average molecular weight is 1150 g/mol. The first-order valence-corrected chi connectivity index (χ1v) is 27.8. The van der Waals surface area contributed by atoms with Gasteiger partial charge in [0.2, 0.25) is 5.91 Å². The molecule has 434 valence electrons. The number of phenolic OH excluding ortho intramolecular Hbond substituents is 1. The number of hydrogen-bond donors (Lipinski definition) is 11. The summed E-state index contributed by atoms with van der Waals surface area (Å²) in [5.41, 5.74) is 18.5. The highest BCUT2D eigenvalue weighted by Gasteiger charge is 2.17. The molecular weight excluding hydrogens is 1080 g/mol. The maximum absolute atomic E-state index is 11.0. The van der Waals surface area contributed by atoms with Crippen LogP contribution < -0.4 is 5.32 Å². The molecule has 0 unspecified atom stereocenters. The summed E-state index contributed by atoms with van der Waals surface area (Å²) >= 11 is 0. The smallest absolute Gasteiger partial charge is 0.221 e. The van der Waals surface area contributed by atoms with Gasteiger partial charge in [-0.1, -0.05) is 158 Å². The summed E-state index contributed by atoms with van der Waals surface area (Å²) < 4.78 is 0.